The van der Waals surface area contributed by atoms with Gasteiger partial charge in [-0.05, 0) is 48.4 Å². The molecule has 2 aliphatic heterocycles. The number of hydrogen-bond donors (Lipinski definition) is 0. The van der Waals surface area contributed by atoms with Crippen LogP contribution in [-0.2, 0) is 29.3 Å². The van der Waals surface area contributed by atoms with Crippen LogP contribution in [0.3, 0.4) is 0 Å². The van der Waals surface area contributed by atoms with Crippen LogP contribution in [0, 0.1) is 5.92 Å². The molecule has 1 atom stereocenters. The van der Waals surface area contributed by atoms with Crippen molar-refractivity contribution in [2.75, 3.05) is 32.7 Å². The monoisotopic (exact) mass is 501 g/mol. The van der Waals surface area contributed by atoms with Crippen molar-refractivity contribution in [2.45, 2.75) is 57.8 Å². The zero-order valence-corrected chi connectivity index (χ0v) is 21.4. The molecule has 37 heavy (non-hydrogen) atoms. The van der Waals surface area contributed by atoms with Gasteiger partial charge in [-0.2, -0.15) is 0 Å². The third kappa shape index (κ3) is 5.48. The molecule has 1 saturated heterocycles. The van der Waals surface area contributed by atoms with Gasteiger partial charge >= 0.3 is 0 Å². The summed E-state index contributed by atoms with van der Waals surface area (Å²) in [5, 5.41) is 0. The lowest BCUT2D eigenvalue weighted by Gasteiger charge is -2.34. The van der Waals surface area contributed by atoms with Crippen LogP contribution in [0.25, 0.3) is 0 Å². The van der Waals surface area contributed by atoms with Crippen LogP contribution in [0.15, 0.2) is 42.5 Å². The molecule has 194 valence electrons. The first-order valence-corrected chi connectivity index (χ1v) is 13.7. The van der Waals surface area contributed by atoms with E-state index in [2.05, 4.69) is 34.1 Å². The average molecular weight is 502 g/mol. The number of carbonyl (C=O) groups excluding carboxylic acids is 3. The number of hydrogen-bond acceptors (Lipinski definition) is 6. The Bertz CT molecular complexity index is 1180. The lowest BCUT2D eigenvalue weighted by atomic mass is 9.92. The van der Waals surface area contributed by atoms with Crippen molar-refractivity contribution >= 4 is 17.5 Å². The molecule has 0 spiro atoms. The van der Waals surface area contributed by atoms with Crippen LogP contribution in [0.4, 0.5) is 0 Å². The fourth-order valence-corrected chi connectivity index (χ4v) is 5.86. The molecular weight excluding hydrogens is 466 g/mol. The quantitative estimate of drug-likeness (QED) is 0.516. The minimum atomic E-state index is -0.515. The van der Waals surface area contributed by atoms with E-state index in [1.165, 1.54) is 38.0 Å². The SMILES string of the molecule is O=C1CCC(N2Cc3c(OCc4ccc(CN5CCN(CC6CC6)CC5)cc4)cccc3C2=O)C(=O)C1. The zero-order valence-electron chi connectivity index (χ0n) is 21.4. The van der Waals surface area contributed by atoms with Gasteiger partial charge in [0.1, 0.15) is 18.1 Å². The molecule has 2 heterocycles. The van der Waals surface area contributed by atoms with Crippen LogP contribution >= 0.6 is 0 Å². The highest BCUT2D eigenvalue weighted by atomic mass is 16.5. The molecule has 0 aromatic heterocycles. The van der Waals surface area contributed by atoms with E-state index in [9.17, 15) is 14.4 Å². The van der Waals surface area contributed by atoms with Gasteiger partial charge in [0, 0.05) is 56.8 Å². The van der Waals surface area contributed by atoms with Crippen molar-refractivity contribution in [3.05, 3.63) is 64.7 Å². The molecule has 0 bridgehead atoms. The van der Waals surface area contributed by atoms with Gasteiger partial charge < -0.3 is 14.5 Å². The van der Waals surface area contributed by atoms with Crippen molar-refractivity contribution in [1.82, 2.24) is 14.7 Å². The summed E-state index contributed by atoms with van der Waals surface area (Å²) in [7, 11) is 0. The molecule has 4 aliphatic rings. The van der Waals surface area contributed by atoms with E-state index in [1.54, 1.807) is 11.0 Å². The van der Waals surface area contributed by atoms with E-state index < -0.39 is 6.04 Å². The topological polar surface area (TPSA) is 70.2 Å². The minimum Gasteiger partial charge on any atom is -0.489 e. The Labute approximate surface area is 218 Å². The number of rotatable bonds is 8. The predicted octanol–water partition coefficient (Wildman–Crippen LogP) is 3.44. The summed E-state index contributed by atoms with van der Waals surface area (Å²) >= 11 is 0. The lowest BCUT2D eigenvalue weighted by Crippen LogP contribution is -2.46. The molecule has 2 aromatic rings. The average Bonchev–Trinajstić information content (AvgIpc) is 3.66. The summed E-state index contributed by atoms with van der Waals surface area (Å²) < 4.78 is 6.17. The number of fused-ring (bicyclic) bond motifs is 1. The first kappa shape index (κ1) is 24.3. The summed E-state index contributed by atoms with van der Waals surface area (Å²) in [5.41, 5.74) is 3.82. The van der Waals surface area contributed by atoms with Crippen molar-refractivity contribution in [3.8, 4) is 5.75 Å². The molecule has 7 nitrogen and oxygen atoms in total. The molecule has 0 N–H and O–H groups in total. The van der Waals surface area contributed by atoms with Crippen LogP contribution in [0.5, 0.6) is 5.75 Å². The number of ether oxygens (including phenoxy) is 1. The fourth-order valence-electron chi connectivity index (χ4n) is 5.86. The van der Waals surface area contributed by atoms with Crippen LogP contribution in [0.2, 0.25) is 0 Å². The minimum absolute atomic E-state index is 0.0353. The number of piperazine rings is 1. The molecule has 6 rings (SSSR count). The van der Waals surface area contributed by atoms with Gasteiger partial charge in [0.2, 0.25) is 0 Å². The molecule has 1 amide bonds. The van der Waals surface area contributed by atoms with E-state index >= 15 is 0 Å². The molecule has 0 radical (unpaired) electrons. The molecule has 7 heteroatoms. The van der Waals surface area contributed by atoms with E-state index in [4.69, 9.17) is 4.74 Å². The van der Waals surface area contributed by atoms with Crippen LogP contribution in [0.1, 0.15) is 59.2 Å². The zero-order chi connectivity index (χ0) is 25.4. The van der Waals surface area contributed by atoms with Gasteiger partial charge in [0.05, 0.1) is 19.0 Å². The Kier molecular flexibility index (Phi) is 6.82. The Hall–Kier alpha value is -3.03. The number of Topliss-reactive ketones (excluding diaryl/α,β-unsaturated/α-hetero) is 2. The molecule has 2 aliphatic carbocycles. The Morgan fingerprint density at radius 2 is 1.57 bits per heavy atom. The maximum absolute atomic E-state index is 13.0. The number of ketones is 2. The van der Waals surface area contributed by atoms with E-state index in [0.29, 0.717) is 37.3 Å². The Morgan fingerprint density at radius 1 is 0.838 bits per heavy atom. The Morgan fingerprint density at radius 3 is 2.30 bits per heavy atom. The highest BCUT2D eigenvalue weighted by Crippen LogP contribution is 2.34. The third-order valence-corrected chi connectivity index (χ3v) is 8.27. The summed E-state index contributed by atoms with van der Waals surface area (Å²) in [6.07, 6.45) is 3.54. The first-order valence-electron chi connectivity index (χ1n) is 13.7. The van der Waals surface area contributed by atoms with E-state index in [1.807, 2.05) is 12.1 Å². The summed E-state index contributed by atoms with van der Waals surface area (Å²) in [5.74, 6) is 1.31. The van der Waals surface area contributed by atoms with Crippen molar-refractivity contribution in [1.29, 1.82) is 0 Å². The summed E-state index contributed by atoms with van der Waals surface area (Å²) in [6.45, 7) is 7.66. The van der Waals surface area contributed by atoms with Crippen molar-refractivity contribution < 1.29 is 19.1 Å². The van der Waals surface area contributed by atoms with Gasteiger partial charge in [-0.1, -0.05) is 30.3 Å². The Balaban J connectivity index is 1.03. The maximum atomic E-state index is 13.0. The number of benzene rings is 2. The molecule has 2 saturated carbocycles. The maximum Gasteiger partial charge on any atom is 0.255 e. The summed E-state index contributed by atoms with van der Waals surface area (Å²) in [6, 6.07) is 13.6. The van der Waals surface area contributed by atoms with Crippen molar-refractivity contribution in [2.24, 2.45) is 5.92 Å². The van der Waals surface area contributed by atoms with Crippen molar-refractivity contribution in [3.63, 3.8) is 0 Å². The second kappa shape index (κ2) is 10.4. The lowest BCUT2D eigenvalue weighted by molar-refractivity contribution is -0.133. The van der Waals surface area contributed by atoms with E-state index in [-0.39, 0.29) is 23.9 Å². The molecule has 3 fully saturated rings. The van der Waals surface area contributed by atoms with Gasteiger partial charge in [-0.15, -0.1) is 0 Å². The van der Waals surface area contributed by atoms with Gasteiger partial charge in [0.15, 0.2) is 5.78 Å². The normalized spacial score (nSPS) is 23.0. The number of carbonyl (C=O) groups is 3. The highest BCUT2D eigenvalue weighted by Gasteiger charge is 2.40. The predicted molar refractivity (Wildman–Crippen MR) is 139 cm³/mol. The van der Waals surface area contributed by atoms with Gasteiger partial charge in [-0.25, -0.2) is 0 Å². The first-order chi connectivity index (χ1) is 18.0. The number of amides is 1. The third-order valence-electron chi connectivity index (χ3n) is 8.27. The standard InChI is InChI=1S/C30H35N3O4/c34-24-10-11-27(28(35)16-24)33-19-26-25(30(33)36)2-1-3-29(26)37-20-23-8-6-22(7-9-23)18-32-14-12-31(13-15-32)17-21-4-5-21/h1-3,6-9,21,27H,4-5,10-20H2. The van der Waals surface area contributed by atoms with Crippen LogP contribution < -0.4 is 4.74 Å². The second-order valence-corrected chi connectivity index (χ2v) is 11.1. The van der Waals surface area contributed by atoms with Crippen LogP contribution in [-0.4, -0.2) is 70.9 Å². The molecular formula is C30H35N3O4. The largest absolute Gasteiger partial charge is 0.489 e. The van der Waals surface area contributed by atoms with Gasteiger partial charge in [-0.3, -0.25) is 19.3 Å². The smallest absolute Gasteiger partial charge is 0.255 e. The summed E-state index contributed by atoms with van der Waals surface area (Å²) in [4.78, 5) is 43.9. The highest BCUT2D eigenvalue weighted by molar-refractivity contribution is 6.07. The fraction of sp³-hybridized carbons (Fsp3) is 0.500. The number of nitrogens with zero attached hydrogens (tertiary/aromatic N) is 3. The van der Waals surface area contributed by atoms with E-state index in [0.717, 1.165) is 36.7 Å². The molecule has 2 aromatic carbocycles. The molecule has 1 unspecified atom stereocenters. The second-order valence-electron chi connectivity index (χ2n) is 11.1. The van der Waals surface area contributed by atoms with Gasteiger partial charge in [0.25, 0.3) is 5.91 Å².